The van der Waals surface area contributed by atoms with E-state index in [1.54, 1.807) is 7.11 Å². The van der Waals surface area contributed by atoms with Gasteiger partial charge in [-0.3, -0.25) is 0 Å². The first-order chi connectivity index (χ1) is 7.56. The molecule has 1 saturated carbocycles. The minimum atomic E-state index is 0.393. The van der Waals surface area contributed by atoms with Gasteiger partial charge in [0.1, 0.15) is 0 Å². The molecule has 0 radical (unpaired) electrons. The van der Waals surface area contributed by atoms with E-state index in [2.05, 4.69) is 31.0 Å². The summed E-state index contributed by atoms with van der Waals surface area (Å²) in [5.41, 5.74) is 0. The Hall–Kier alpha value is -0.350. The minimum Gasteiger partial charge on any atom is -0.383 e. The molecule has 3 nitrogen and oxygen atoms in total. The quantitative estimate of drug-likeness (QED) is 0.723. The minimum absolute atomic E-state index is 0.393. The fraction of sp³-hybridized carbons (Fsp3) is 0.917. The fourth-order valence-electron chi connectivity index (χ4n) is 1.84. The topological polar surface area (TPSA) is 24.5 Å². The molecule has 16 heavy (non-hydrogen) atoms. The molecule has 1 unspecified atom stereocenters. The number of thiocarbonyl (C=S) groups is 1. The SMILES string of the molecule is COCCN(C(=S)NC(C)C)C(C)C1CC1. The molecule has 1 fully saturated rings. The summed E-state index contributed by atoms with van der Waals surface area (Å²) >= 11 is 5.45. The Morgan fingerprint density at radius 2 is 2.06 bits per heavy atom. The van der Waals surface area contributed by atoms with Crippen molar-refractivity contribution in [3.63, 3.8) is 0 Å². The second kappa shape index (κ2) is 6.40. The maximum Gasteiger partial charge on any atom is 0.169 e. The summed E-state index contributed by atoms with van der Waals surface area (Å²) in [6.07, 6.45) is 2.68. The molecule has 1 rings (SSSR count). The maximum atomic E-state index is 5.45. The third kappa shape index (κ3) is 4.26. The van der Waals surface area contributed by atoms with Crippen LogP contribution >= 0.6 is 12.2 Å². The monoisotopic (exact) mass is 244 g/mol. The summed E-state index contributed by atoms with van der Waals surface area (Å²) in [5.74, 6) is 0.823. The molecule has 1 N–H and O–H groups in total. The molecule has 0 saturated heterocycles. The Morgan fingerprint density at radius 1 is 1.44 bits per heavy atom. The van der Waals surface area contributed by atoms with Crippen LogP contribution in [0.1, 0.15) is 33.6 Å². The molecule has 0 spiro atoms. The Balaban J connectivity index is 2.50. The molecule has 0 amide bonds. The van der Waals surface area contributed by atoms with E-state index < -0.39 is 0 Å². The Bertz CT molecular complexity index is 229. The van der Waals surface area contributed by atoms with Crippen LogP contribution < -0.4 is 5.32 Å². The highest BCUT2D eigenvalue weighted by Gasteiger charge is 2.32. The predicted octanol–water partition coefficient (Wildman–Crippen LogP) is 2.02. The molecular formula is C12H24N2OS. The Labute approximate surface area is 105 Å². The lowest BCUT2D eigenvalue weighted by Gasteiger charge is -2.32. The summed E-state index contributed by atoms with van der Waals surface area (Å²) in [6, 6.07) is 0.929. The van der Waals surface area contributed by atoms with Crippen molar-refractivity contribution in [1.82, 2.24) is 10.2 Å². The van der Waals surface area contributed by atoms with Crippen molar-refractivity contribution in [3.8, 4) is 0 Å². The van der Waals surface area contributed by atoms with Gasteiger partial charge in [-0.05, 0) is 51.7 Å². The number of rotatable bonds is 6. The lowest BCUT2D eigenvalue weighted by atomic mass is 10.2. The van der Waals surface area contributed by atoms with Crippen molar-refractivity contribution in [1.29, 1.82) is 0 Å². The highest BCUT2D eigenvalue weighted by molar-refractivity contribution is 7.80. The smallest absolute Gasteiger partial charge is 0.169 e. The zero-order valence-electron chi connectivity index (χ0n) is 10.8. The van der Waals surface area contributed by atoms with E-state index in [0.717, 1.165) is 24.2 Å². The molecule has 0 aromatic carbocycles. The van der Waals surface area contributed by atoms with Crippen molar-refractivity contribution in [2.75, 3.05) is 20.3 Å². The maximum absolute atomic E-state index is 5.45. The second-order valence-corrected chi connectivity index (χ2v) is 5.26. The van der Waals surface area contributed by atoms with Gasteiger partial charge < -0.3 is 15.0 Å². The third-order valence-electron chi connectivity index (χ3n) is 3.01. The van der Waals surface area contributed by atoms with Crippen molar-refractivity contribution in [3.05, 3.63) is 0 Å². The zero-order valence-corrected chi connectivity index (χ0v) is 11.6. The first-order valence-electron chi connectivity index (χ1n) is 6.12. The van der Waals surface area contributed by atoms with Gasteiger partial charge in [-0.25, -0.2) is 0 Å². The van der Waals surface area contributed by atoms with E-state index >= 15 is 0 Å². The molecule has 1 aliphatic carbocycles. The van der Waals surface area contributed by atoms with Crippen LogP contribution in [0, 0.1) is 5.92 Å². The number of hydrogen-bond donors (Lipinski definition) is 1. The van der Waals surface area contributed by atoms with Gasteiger partial charge >= 0.3 is 0 Å². The van der Waals surface area contributed by atoms with Gasteiger partial charge in [-0.15, -0.1) is 0 Å². The number of methoxy groups -OCH3 is 1. The predicted molar refractivity (Wildman–Crippen MR) is 71.6 cm³/mol. The lowest BCUT2D eigenvalue weighted by molar-refractivity contribution is 0.158. The molecule has 1 atom stereocenters. The van der Waals surface area contributed by atoms with Crippen LogP contribution in [0.25, 0.3) is 0 Å². The summed E-state index contributed by atoms with van der Waals surface area (Å²) in [4.78, 5) is 2.27. The van der Waals surface area contributed by atoms with E-state index in [-0.39, 0.29) is 0 Å². The zero-order chi connectivity index (χ0) is 12.1. The molecule has 1 aliphatic rings. The Morgan fingerprint density at radius 3 is 2.50 bits per heavy atom. The van der Waals surface area contributed by atoms with Gasteiger partial charge in [0.25, 0.3) is 0 Å². The average molecular weight is 244 g/mol. The van der Waals surface area contributed by atoms with Crippen LogP contribution in [0.5, 0.6) is 0 Å². The van der Waals surface area contributed by atoms with Gasteiger partial charge in [0.2, 0.25) is 0 Å². The highest BCUT2D eigenvalue weighted by Crippen LogP contribution is 2.35. The van der Waals surface area contributed by atoms with Crippen LogP contribution in [0.4, 0.5) is 0 Å². The van der Waals surface area contributed by atoms with Gasteiger partial charge in [0.15, 0.2) is 5.11 Å². The van der Waals surface area contributed by atoms with E-state index in [4.69, 9.17) is 17.0 Å². The van der Waals surface area contributed by atoms with Crippen LogP contribution in [0.15, 0.2) is 0 Å². The molecule has 0 heterocycles. The van der Waals surface area contributed by atoms with Crippen molar-refractivity contribution < 1.29 is 4.74 Å². The van der Waals surface area contributed by atoms with Gasteiger partial charge in [0.05, 0.1) is 6.61 Å². The normalized spacial score (nSPS) is 17.3. The molecule has 0 aromatic heterocycles. The third-order valence-corrected chi connectivity index (χ3v) is 3.36. The van der Waals surface area contributed by atoms with E-state index in [0.29, 0.717) is 12.1 Å². The van der Waals surface area contributed by atoms with Gasteiger partial charge in [0, 0.05) is 25.7 Å². The standard InChI is InChI=1S/C12H24N2OS/c1-9(2)13-12(16)14(7-8-15-4)10(3)11-5-6-11/h9-11H,5-8H2,1-4H3,(H,13,16). The van der Waals surface area contributed by atoms with Crippen LogP contribution in [0.2, 0.25) is 0 Å². The van der Waals surface area contributed by atoms with Crippen LogP contribution in [-0.2, 0) is 4.74 Å². The first kappa shape index (κ1) is 13.7. The van der Waals surface area contributed by atoms with E-state index in [1.807, 2.05) is 0 Å². The molecule has 94 valence electrons. The number of hydrogen-bond acceptors (Lipinski definition) is 2. The largest absolute Gasteiger partial charge is 0.383 e. The van der Waals surface area contributed by atoms with Gasteiger partial charge in [-0.1, -0.05) is 0 Å². The van der Waals surface area contributed by atoms with Crippen molar-refractivity contribution in [2.45, 2.75) is 45.7 Å². The second-order valence-electron chi connectivity index (χ2n) is 4.87. The molecule has 0 aliphatic heterocycles. The molecule has 4 heteroatoms. The average Bonchev–Trinajstić information content (AvgIpc) is 2.99. The number of nitrogens with zero attached hydrogens (tertiary/aromatic N) is 1. The lowest BCUT2D eigenvalue weighted by Crippen LogP contribution is -2.49. The highest BCUT2D eigenvalue weighted by atomic mass is 32.1. The number of nitrogens with one attached hydrogen (secondary N) is 1. The molecule has 0 bridgehead atoms. The van der Waals surface area contributed by atoms with Crippen molar-refractivity contribution in [2.24, 2.45) is 5.92 Å². The first-order valence-corrected chi connectivity index (χ1v) is 6.53. The van der Waals surface area contributed by atoms with E-state index in [1.165, 1.54) is 12.8 Å². The summed E-state index contributed by atoms with van der Waals surface area (Å²) < 4.78 is 5.15. The summed E-state index contributed by atoms with van der Waals surface area (Å²) in [7, 11) is 1.74. The number of ether oxygens (including phenoxy) is 1. The van der Waals surface area contributed by atoms with Crippen molar-refractivity contribution >= 4 is 17.3 Å². The Kier molecular flexibility index (Phi) is 5.49. The molecule has 0 aromatic rings. The van der Waals surface area contributed by atoms with E-state index in [9.17, 15) is 0 Å². The van der Waals surface area contributed by atoms with Crippen LogP contribution in [0.3, 0.4) is 0 Å². The summed E-state index contributed by atoms with van der Waals surface area (Å²) in [6.45, 7) is 8.11. The fourth-order valence-corrected chi connectivity index (χ4v) is 2.34. The van der Waals surface area contributed by atoms with Gasteiger partial charge in [-0.2, -0.15) is 0 Å². The molecular weight excluding hydrogens is 220 g/mol. The summed E-state index contributed by atoms with van der Waals surface area (Å²) in [5, 5.41) is 4.18. The van der Waals surface area contributed by atoms with Crippen LogP contribution in [-0.4, -0.2) is 42.4 Å².